The van der Waals surface area contributed by atoms with Gasteiger partial charge in [-0.1, -0.05) is 12.1 Å². The summed E-state index contributed by atoms with van der Waals surface area (Å²) < 4.78 is 16.5. The van der Waals surface area contributed by atoms with Crippen LogP contribution in [-0.2, 0) is 4.79 Å². The lowest BCUT2D eigenvalue weighted by atomic mass is 10.2. The molecular weight excluding hydrogens is 306 g/mol. The van der Waals surface area contributed by atoms with Crippen molar-refractivity contribution in [2.45, 2.75) is 20.8 Å². The smallest absolute Gasteiger partial charge is 0.262 e. The van der Waals surface area contributed by atoms with Gasteiger partial charge in [0.2, 0.25) is 0 Å². The van der Waals surface area contributed by atoms with Crippen molar-refractivity contribution in [3.05, 3.63) is 48.0 Å². The maximum atomic E-state index is 12.2. The van der Waals surface area contributed by atoms with Gasteiger partial charge in [-0.2, -0.15) is 0 Å². The molecule has 2 rings (SSSR count). The molecule has 0 aromatic heterocycles. The summed E-state index contributed by atoms with van der Waals surface area (Å²) in [6.07, 6.45) is 0. The highest BCUT2D eigenvalue weighted by Crippen LogP contribution is 2.29. The van der Waals surface area contributed by atoms with Crippen LogP contribution in [0.3, 0.4) is 0 Å². The van der Waals surface area contributed by atoms with Gasteiger partial charge < -0.3 is 19.5 Å². The van der Waals surface area contributed by atoms with E-state index in [1.54, 1.807) is 12.1 Å². The third-order valence-electron chi connectivity index (χ3n) is 3.20. The molecule has 0 unspecified atom stereocenters. The predicted molar refractivity (Wildman–Crippen MR) is 94.1 cm³/mol. The van der Waals surface area contributed by atoms with Crippen LogP contribution in [0.4, 0.5) is 5.69 Å². The third-order valence-corrected chi connectivity index (χ3v) is 3.20. The van der Waals surface area contributed by atoms with Crippen LogP contribution in [0.15, 0.2) is 42.5 Å². The number of hydrogen-bond acceptors (Lipinski definition) is 4. The van der Waals surface area contributed by atoms with Crippen molar-refractivity contribution >= 4 is 11.6 Å². The number of benzene rings is 2. The monoisotopic (exact) mass is 329 g/mol. The zero-order valence-electron chi connectivity index (χ0n) is 14.3. The average Bonchev–Trinajstić information content (AvgIpc) is 2.56. The van der Waals surface area contributed by atoms with E-state index in [0.717, 1.165) is 5.56 Å². The minimum absolute atomic E-state index is 0.0755. The highest BCUT2D eigenvalue weighted by Gasteiger charge is 2.10. The summed E-state index contributed by atoms with van der Waals surface area (Å²) in [5, 5.41) is 2.81. The summed E-state index contributed by atoms with van der Waals surface area (Å²) in [5.41, 5.74) is 1.65. The quantitative estimate of drug-likeness (QED) is 0.800. The fourth-order valence-electron chi connectivity index (χ4n) is 2.18. The van der Waals surface area contributed by atoms with Gasteiger partial charge in [0.1, 0.15) is 17.2 Å². The molecule has 0 bridgehead atoms. The summed E-state index contributed by atoms with van der Waals surface area (Å²) in [6, 6.07) is 12.9. The van der Waals surface area contributed by atoms with Crippen molar-refractivity contribution in [3.63, 3.8) is 0 Å². The molecule has 0 fully saturated rings. The first kappa shape index (κ1) is 17.7. The molecule has 0 aliphatic carbocycles. The number of rotatable bonds is 8. The van der Waals surface area contributed by atoms with Crippen LogP contribution in [0.25, 0.3) is 0 Å². The van der Waals surface area contributed by atoms with Crippen LogP contribution in [0.2, 0.25) is 0 Å². The third kappa shape index (κ3) is 5.19. The molecule has 2 aromatic rings. The van der Waals surface area contributed by atoms with Gasteiger partial charge >= 0.3 is 0 Å². The molecule has 5 heteroatoms. The lowest BCUT2D eigenvalue weighted by molar-refractivity contribution is -0.118. The molecule has 0 saturated heterocycles. The first-order valence-electron chi connectivity index (χ1n) is 8.01. The Morgan fingerprint density at radius 3 is 2.42 bits per heavy atom. The molecule has 24 heavy (non-hydrogen) atoms. The standard InChI is InChI=1S/C19H23NO4/c1-4-22-16-9-10-18(23-5-2)17(12-16)20-19(21)13-24-15-8-6-7-14(3)11-15/h6-12H,4-5,13H2,1-3H3,(H,20,21). The van der Waals surface area contributed by atoms with Crippen molar-refractivity contribution in [1.82, 2.24) is 0 Å². The van der Waals surface area contributed by atoms with Crippen molar-refractivity contribution in [2.75, 3.05) is 25.1 Å². The fraction of sp³-hybridized carbons (Fsp3) is 0.316. The lowest BCUT2D eigenvalue weighted by Gasteiger charge is -2.14. The van der Waals surface area contributed by atoms with E-state index in [4.69, 9.17) is 14.2 Å². The number of amides is 1. The molecule has 1 amide bonds. The zero-order valence-corrected chi connectivity index (χ0v) is 14.3. The minimum Gasteiger partial charge on any atom is -0.494 e. The van der Waals surface area contributed by atoms with E-state index in [1.165, 1.54) is 0 Å². The van der Waals surface area contributed by atoms with E-state index in [9.17, 15) is 4.79 Å². The Morgan fingerprint density at radius 2 is 1.71 bits per heavy atom. The topological polar surface area (TPSA) is 56.8 Å². The Hall–Kier alpha value is -2.69. The fourth-order valence-corrected chi connectivity index (χ4v) is 2.18. The van der Waals surface area contributed by atoms with Crippen molar-refractivity contribution in [2.24, 2.45) is 0 Å². The molecule has 0 radical (unpaired) electrons. The highest BCUT2D eigenvalue weighted by atomic mass is 16.5. The lowest BCUT2D eigenvalue weighted by Crippen LogP contribution is -2.20. The number of anilines is 1. The molecule has 0 heterocycles. The zero-order chi connectivity index (χ0) is 17.4. The van der Waals surface area contributed by atoms with Crippen LogP contribution in [0, 0.1) is 6.92 Å². The number of carbonyl (C=O) groups is 1. The van der Waals surface area contributed by atoms with E-state index in [0.29, 0.717) is 36.1 Å². The maximum absolute atomic E-state index is 12.2. The average molecular weight is 329 g/mol. The van der Waals surface area contributed by atoms with Gasteiger partial charge in [-0.3, -0.25) is 4.79 Å². The van der Waals surface area contributed by atoms with Gasteiger partial charge in [-0.15, -0.1) is 0 Å². The second-order valence-electron chi connectivity index (χ2n) is 5.18. The van der Waals surface area contributed by atoms with Crippen LogP contribution >= 0.6 is 0 Å². The van der Waals surface area contributed by atoms with Crippen molar-refractivity contribution in [1.29, 1.82) is 0 Å². The van der Waals surface area contributed by atoms with Crippen molar-refractivity contribution in [3.8, 4) is 17.2 Å². The summed E-state index contributed by atoms with van der Waals surface area (Å²) in [5.74, 6) is 1.69. The second kappa shape index (κ2) is 8.82. The molecule has 0 aliphatic rings. The summed E-state index contributed by atoms with van der Waals surface area (Å²) in [7, 11) is 0. The van der Waals surface area contributed by atoms with E-state index >= 15 is 0 Å². The number of nitrogens with one attached hydrogen (secondary N) is 1. The van der Waals surface area contributed by atoms with Gasteiger partial charge in [0.05, 0.1) is 18.9 Å². The number of hydrogen-bond donors (Lipinski definition) is 1. The van der Waals surface area contributed by atoms with Gasteiger partial charge in [-0.25, -0.2) is 0 Å². The normalized spacial score (nSPS) is 10.1. The van der Waals surface area contributed by atoms with E-state index in [-0.39, 0.29) is 12.5 Å². The van der Waals surface area contributed by atoms with E-state index in [1.807, 2.05) is 51.1 Å². The molecule has 0 aliphatic heterocycles. The predicted octanol–water partition coefficient (Wildman–Crippen LogP) is 3.81. The Morgan fingerprint density at radius 1 is 0.958 bits per heavy atom. The first-order valence-corrected chi connectivity index (χ1v) is 8.01. The molecule has 2 aromatic carbocycles. The van der Waals surface area contributed by atoms with Crippen LogP contribution in [0.5, 0.6) is 17.2 Å². The molecule has 0 saturated carbocycles. The van der Waals surface area contributed by atoms with Crippen LogP contribution < -0.4 is 19.5 Å². The highest BCUT2D eigenvalue weighted by molar-refractivity contribution is 5.93. The molecule has 5 nitrogen and oxygen atoms in total. The maximum Gasteiger partial charge on any atom is 0.262 e. The Kier molecular flexibility index (Phi) is 6.49. The van der Waals surface area contributed by atoms with Crippen LogP contribution in [-0.4, -0.2) is 25.7 Å². The van der Waals surface area contributed by atoms with Gasteiger partial charge in [-0.05, 0) is 50.6 Å². The van der Waals surface area contributed by atoms with E-state index < -0.39 is 0 Å². The second-order valence-corrected chi connectivity index (χ2v) is 5.18. The number of aryl methyl sites for hydroxylation is 1. The summed E-state index contributed by atoms with van der Waals surface area (Å²) >= 11 is 0. The summed E-state index contributed by atoms with van der Waals surface area (Å²) in [6.45, 7) is 6.76. The number of ether oxygens (including phenoxy) is 3. The molecule has 128 valence electrons. The van der Waals surface area contributed by atoms with Crippen LogP contribution in [0.1, 0.15) is 19.4 Å². The molecule has 1 N–H and O–H groups in total. The molecule has 0 atom stereocenters. The largest absolute Gasteiger partial charge is 0.494 e. The van der Waals surface area contributed by atoms with Gasteiger partial charge in [0.25, 0.3) is 5.91 Å². The van der Waals surface area contributed by atoms with Gasteiger partial charge in [0.15, 0.2) is 6.61 Å². The minimum atomic E-state index is -0.258. The SMILES string of the molecule is CCOc1ccc(OCC)c(NC(=O)COc2cccc(C)c2)c1. The number of carbonyl (C=O) groups excluding carboxylic acids is 1. The Bertz CT molecular complexity index is 685. The first-order chi connectivity index (χ1) is 11.6. The molecule has 0 spiro atoms. The molecular formula is C19H23NO4. The van der Waals surface area contributed by atoms with Crippen molar-refractivity contribution < 1.29 is 19.0 Å². The Balaban J connectivity index is 2.02. The van der Waals surface area contributed by atoms with Gasteiger partial charge in [0, 0.05) is 6.07 Å². The summed E-state index contributed by atoms with van der Waals surface area (Å²) in [4.78, 5) is 12.2. The van der Waals surface area contributed by atoms with E-state index in [2.05, 4.69) is 5.32 Å². The Labute approximate surface area is 142 Å².